The quantitative estimate of drug-likeness (QED) is 0.244. The van der Waals surface area contributed by atoms with Gasteiger partial charge in [0, 0.05) is 26.9 Å². The summed E-state index contributed by atoms with van der Waals surface area (Å²) in [5, 5.41) is 3.44. The zero-order valence-corrected chi connectivity index (χ0v) is 22.9. The molecule has 0 fully saturated rings. The standard InChI is InChI=1S/C15H20Cl6N6O2S2/c1-5-27(6-2)11-24-12(30-9(14(16,17)18)22-7(3)28)26-13(25-11)31-10(15(19,20)21)23-8(4)29/h9-10H,5-6H2,1-4H3,(H,22,28)(H,23,29). The smallest absolute Gasteiger partial charge is 0.230 e. The fraction of sp³-hybridized carbons (Fsp3) is 0.667. The van der Waals surface area contributed by atoms with Crippen molar-refractivity contribution < 1.29 is 9.59 Å². The third-order valence-electron chi connectivity index (χ3n) is 3.34. The van der Waals surface area contributed by atoms with Crippen LogP contribution < -0.4 is 15.5 Å². The monoisotopic (exact) mass is 590 g/mol. The molecule has 2 unspecified atom stereocenters. The van der Waals surface area contributed by atoms with Crippen LogP contribution in [-0.4, -0.2) is 58.2 Å². The number of hydrogen-bond donors (Lipinski definition) is 2. The normalized spacial score (nSPS) is 14.0. The molecule has 0 spiro atoms. The van der Waals surface area contributed by atoms with E-state index in [0.717, 1.165) is 23.5 Å². The highest BCUT2D eigenvalue weighted by Gasteiger charge is 2.37. The lowest BCUT2D eigenvalue weighted by Gasteiger charge is -2.26. The first-order valence-electron chi connectivity index (χ1n) is 8.69. The van der Waals surface area contributed by atoms with Crippen LogP contribution in [0.1, 0.15) is 27.7 Å². The first-order valence-corrected chi connectivity index (χ1v) is 12.7. The van der Waals surface area contributed by atoms with Crippen LogP contribution in [0.4, 0.5) is 5.95 Å². The fourth-order valence-corrected chi connectivity index (χ4v) is 4.89. The second-order valence-corrected chi connectivity index (χ2v) is 12.7. The number of amides is 2. The summed E-state index contributed by atoms with van der Waals surface area (Å²) in [5.74, 6) is -0.474. The Kier molecular flexibility index (Phi) is 11.9. The van der Waals surface area contributed by atoms with Crippen LogP contribution >= 0.6 is 93.1 Å². The van der Waals surface area contributed by atoms with Crippen LogP contribution in [0.3, 0.4) is 0 Å². The molecule has 1 aromatic rings. The van der Waals surface area contributed by atoms with Gasteiger partial charge < -0.3 is 15.5 Å². The lowest BCUT2D eigenvalue weighted by molar-refractivity contribution is -0.120. The predicted molar refractivity (Wildman–Crippen MR) is 131 cm³/mol. The molecular formula is C15H20Cl6N6O2S2. The van der Waals surface area contributed by atoms with E-state index in [-0.39, 0.29) is 10.3 Å². The van der Waals surface area contributed by atoms with E-state index in [1.165, 1.54) is 13.8 Å². The Bertz CT molecular complexity index is 721. The second-order valence-electron chi connectivity index (χ2n) is 5.85. The Hall–Kier alpha value is 0.190. The van der Waals surface area contributed by atoms with E-state index in [0.29, 0.717) is 19.0 Å². The maximum atomic E-state index is 11.5. The number of thioether (sulfide) groups is 2. The Labute approximate surface area is 219 Å². The summed E-state index contributed by atoms with van der Waals surface area (Å²) in [7, 11) is 0. The number of anilines is 1. The van der Waals surface area contributed by atoms with Gasteiger partial charge in [-0.05, 0) is 13.8 Å². The van der Waals surface area contributed by atoms with Crippen molar-refractivity contribution in [3.8, 4) is 0 Å². The van der Waals surface area contributed by atoms with E-state index >= 15 is 0 Å². The summed E-state index contributed by atoms with van der Waals surface area (Å²) in [6.45, 7) is 7.64. The molecule has 1 heterocycles. The molecule has 2 atom stereocenters. The molecule has 1 aromatic heterocycles. The molecule has 1 rings (SSSR count). The molecular weight excluding hydrogens is 573 g/mol. The van der Waals surface area contributed by atoms with E-state index in [1.807, 2.05) is 18.7 Å². The summed E-state index contributed by atoms with van der Waals surface area (Å²) < 4.78 is -3.69. The van der Waals surface area contributed by atoms with Crippen molar-refractivity contribution in [2.24, 2.45) is 0 Å². The topological polar surface area (TPSA) is 100 Å². The average Bonchev–Trinajstić information content (AvgIpc) is 2.59. The van der Waals surface area contributed by atoms with Gasteiger partial charge in [0.25, 0.3) is 0 Å². The average molecular weight is 593 g/mol. The third kappa shape index (κ3) is 10.3. The van der Waals surface area contributed by atoms with Crippen LogP contribution in [0, 0.1) is 0 Å². The van der Waals surface area contributed by atoms with Gasteiger partial charge in [0.1, 0.15) is 10.7 Å². The molecule has 31 heavy (non-hydrogen) atoms. The van der Waals surface area contributed by atoms with Crippen molar-refractivity contribution in [3.63, 3.8) is 0 Å². The van der Waals surface area contributed by atoms with Gasteiger partial charge in [0.2, 0.25) is 25.3 Å². The zero-order chi connectivity index (χ0) is 24.0. The van der Waals surface area contributed by atoms with E-state index in [9.17, 15) is 9.59 Å². The third-order valence-corrected chi connectivity index (χ3v) is 7.63. The minimum Gasteiger partial charge on any atom is -0.341 e. The van der Waals surface area contributed by atoms with Crippen LogP contribution in [-0.2, 0) is 9.59 Å². The van der Waals surface area contributed by atoms with Crippen molar-refractivity contribution in [3.05, 3.63) is 0 Å². The van der Waals surface area contributed by atoms with Gasteiger partial charge in [-0.1, -0.05) is 93.1 Å². The maximum absolute atomic E-state index is 11.5. The van der Waals surface area contributed by atoms with Gasteiger partial charge >= 0.3 is 0 Å². The van der Waals surface area contributed by atoms with Gasteiger partial charge in [-0.25, -0.2) is 0 Å². The molecule has 0 aliphatic rings. The molecule has 0 saturated carbocycles. The highest BCUT2D eigenvalue weighted by Crippen LogP contribution is 2.41. The molecule has 0 radical (unpaired) electrons. The highest BCUT2D eigenvalue weighted by molar-refractivity contribution is 8.00. The summed E-state index contributed by atoms with van der Waals surface area (Å²) in [4.78, 5) is 38.1. The summed E-state index contributed by atoms with van der Waals surface area (Å²) in [6.07, 6.45) is 0. The summed E-state index contributed by atoms with van der Waals surface area (Å²) >= 11 is 37.8. The van der Waals surface area contributed by atoms with E-state index in [2.05, 4.69) is 25.6 Å². The molecule has 16 heteroatoms. The number of carbonyl (C=O) groups excluding carboxylic acids is 2. The second kappa shape index (κ2) is 12.6. The number of aromatic nitrogens is 3. The van der Waals surface area contributed by atoms with Gasteiger partial charge in [0.05, 0.1) is 0 Å². The first-order chi connectivity index (χ1) is 14.2. The van der Waals surface area contributed by atoms with E-state index in [4.69, 9.17) is 69.6 Å². The molecule has 0 saturated heterocycles. The molecule has 8 nitrogen and oxygen atoms in total. The first kappa shape index (κ1) is 29.2. The van der Waals surface area contributed by atoms with Crippen molar-refractivity contribution >= 4 is 111 Å². The van der Waals surface area contributed by atoms with Crippen molar-refractivity contribution in [2.75, 3.05) is 18.0 Å². The Balaban J connectivity index is 3.40. The van der Waals surface area contributed by atoms with Crippen molar-refractivity contribution in [1.82, 2.24) is 25.6 Å². The number of hydrogen-bond acceptors (Lipinski definition) is 8. The van der Waals surface area contributed by atoms with Crippen LogP contribution in [0.15, 0.2) is 10.3 Å². The predicted octanol–water partition coefficient (Wildman–Crippen LogP) is 4.57. The number of nitrogens with zero attached hydrogens (tertiary/aromatic N) is 4. The van der Waals surface area contributed by atoms with Gasteiger partial charge in [-0.3, -0.25) is 9.59 Å². The van der Waals surface area contributed by atoms with E-state index in [1.54, 1.807) is 0 Å². The highest BCUT2D eigenvalue weighted by atomic mass is 35.6. The van der Waals surface area contributed by atoms with Gasteiger partial charge in [-0.15, -0.1) is 0 Å². The molecule has 0 aromatic carbocycles. The Morgan fingerprint density at radius 1 is 0.839 bits per heavy atom. The van der Waals surface area contributed by atoms with Crippen molar-refractivity contribution in [2.45, 2.75) is 56.3 Å². The lowest BCUT2D eigenvalue weighted by atomic mass is 10.5. The minimum absolute atomic E-state index is 0.162. The summed E-state index contributed by atoms with van der Waals surface area (Å²) in [6, 6.07) is 0. The number of carbonyl (C=O) groups is 2. The molecule has 2 amide bonds. The van der Waals surface area contributed by atoms with Crippen LogP contribution in [0.25, 0.3) is 0 Å². The molecule has 0 bridgehead atoms. The van der Waals surface area contributed by atoms with Crippen LogP contribution in [0.2, 0.25) is 0 Å². The maximum Gasteiger partial charge on any atom is 0.230 e. The SMILES string of the molecule is CCN(CC)c1nc(SC(NC(C)=O)C(Cl)(Cl)Cl)nc(SC(NC(C)=O)C(Cl)(Cl)Cl)n1. The van der Waals surface area contributed by atoms with Gasteiger partial charge in [-0.2, -0.15) is 15.0 Å². The van der Waals surface area contributed by atoms with Crippen molar-refractivity contribution in [1.29, 1.82) is 0 Å². The Morgan fingerprint density at radius 3 is 1.45 bits per heavy atom. The molecule has 0 aliphatic heterocycles. The number of alkyl halides is 6. The molecule has 176 valence electrons. The molecule has 2 N–H and O–H groups in total. The minimum atomic E-state index is -1.85. The number of halogens is 6. The lowest BCUT2D eigenvalue weighted by Crippen LogP contribution is -2.40. The largest absolute Gasteiger partial charge is 0.341 e. The van der Waals surface area contributed by atoms with Crippen LogP contribution in [0.5, 0.6) is 0 Å². The summed E-state index contributed by atoms with van der Waals surface area (Å²) in [5.41, 5.74) is 0. The number of nitrogens with one attached hydrogen (secondary N) is 2. The van der Waals surface area contributed by atoms with Gasteiger partial charge in [0.15, 0.2) is 10.3 Å². The van der Waals surface area contributed by atoms with E-state index < -0.39 is 30.1 Å². The zero-order valence-electron chi connectivity index (χ0n) is 16.8. The molecule has 0 aliphatic carbocycles. The fourth-order valence-electron chi connectivity index (χ4n) is 2.02. The number of rotatable bonds is 9. The Morgan fingerprint density at radius 2 is 1.19 bits per heavy atom.